The molecule has 5 heteroatoms. The average Bonchev–Trinajstić information content (AvgIpc) is 2.93. The van der Waals surface area contributed by atoms with Gasteiger partial charge in [0, 0.05) is 18.0 Å². The number of fused-ring (bicyclic) bond motifs is 3. The fourth-order valence-corrected chi connectivity index (χ4v) is 7.78. The fourth-order valence-electron chi connectivity index (χ4n) is 7.78. The molecule has 0 amide bonds. The maximum Gasteiger partial charge on any atom is 0.194 e. The Labute approximate surface area is 248 Å². The van der Waals surface area contributed by atoms with E-state index in [9.17, 15) is 10.2 Å². The number of aryl methyl sites for hydroxylation is 1. The Kier molecular flexibility index (Phi) is 8.98. The first-order chi connectivity index (χ1) is 19.2. The minimum absolute atomic E-state index is 0.0296. The van der Waals surface area contributed by atoms with Gasteiger partial charge >= 0.3 is 0 Å². The number of benzene rings is 2. The van der Waals surface area contributed by atoms with Crippen molar-refractivity contribution in [1.29, 1.82) is 0 Å². The van der Waals surface area contributed by atoms with Crippen LogP contribution in [-0.2, 0) is 12.8 Å². The molecule has 4 rings (SSSR count). The summed E-state index contributed by atoms with van der Waals surface area (Å²) in [6.45, 7) is 25.7. The van der Waals surface area contributed by atoms with Crippen molar-refractivity contribution in [3.05, 3.63) is 88.5 Å². The van der Waals surface area contributed by atoms with Crippen LogP contribution in [0.2, 0.25) is 0 Å². The summed E-state index contributed by atoms with van der Waals surface area (Å²) in [6, 6.07) is 6.14. The van der Waals surface area contributed by atoms with E-state index >= 15 is 0 Å². The molecule has 4 nitrogen and oxygen atoms in total. The zero-order chi connectivity index (χ0) is 30.4. The van der Waals surface area contributed by atoms with Crippen LogP contribution < -0.4 is 22.4 Å². The molecule has 1 aliphatic carbocycles. The minimum Gasteiger partial charge on any atom is -0.391 e. The van der Waals surface area contributed by atoms with E-state index in [-0.39, 0.29) is 11.8 Å². The van der Waals surface area contributed by atoms with E-state index in [2.05, 4.69) is 65.6 Å². The van der Waals surface area contributed by atoms with Gasteiger partial charge in [-0.1, -0.05) is 81.6 Å². The number of nitrogens with two attached hydrogens (primary N) is 2. The molecule has 6 N–H and O–H groups in total. The second kappa shape index (κ2) is 11.7. The van der Waals surface area contributed by atoms with Crippen molar-refractivity contribution < 1.29 is 10.2 Å². The Hall–Kier alpha value is -2.44. The molecule has 0 aromatic heterocycles. The smallest absolute Gasteiger partial charge is 0.194 e. The van der Waals surface area contributed by atoms with Crippen molar-refractivity contribution in [2.24, 2.45) is 17.4 Å². The normalized spacial score (nSPS) is 22.6. The van der Waals surface area contributed by atoms with Gasteiger partial charge in [-0.15, -0.1) is 6.58 Å². The Bertz CT molecular complexity index is 1380. The van der Waals surface area contributed by atoms with E-state index in [0.29, 0.717) is 32.1 Å². The molecule has 1 aliphatic heterocycles. The second-order valence-corrected chi connectivity index (χ2v) is 13.3. The van der Waals surface area contributed by atoms with Crippen molar-refractivity contribution in [2.75, 3.05) is 0 Å². The standard InChI is InChI=1S/C36H51BN2O2/c1-10-21(6)36(41)17-26(16-35(39,12-3)19-29(38)34(40)20(4)5)31-23(8)30-24(9)32-25(11-2)14-13-15-28(32)37-33(30)22(7)27(31)18-36/h12-15,20,26,29,34,37,40-41H,3,6,9-11,16-19,38-39H2,1-2,4-5,7-8H3. The zero-order valence-electron chi connectivity index (χ0n) is 26.2. The lowest BCUT2D eigenvalue weighted by Crippen LogP contribution is -2.51. The molecule has 0 spiro atoms. The number of aliphatic hydroxyl groups excluding tert-OH is 1. The molecule has 2 aromatic carbocycles. The predicted octanol–water partition coefficient (Wildman–Crippen LogP) is 4.36. The molecule has 0 saturated carbocycles. The van der Waals surface area contributed by atoms with Gasteiger partial charge < -0.3 is 21.7 Å². The summed E-state index contributed by atoms with van der Waals surface area (Å²) in [7, 11) is 0.866. The van der Waals surface area contributed by atoms with Crippen molar-refractivity contribution in [3.8, 4) is 0 Å². The van der Waals surface area contributed by atoms with Gasteiger partial charge in [0.1, 0.15) is 0 Å². The summed E-state index contributed by atoms with van der Waals surface area (Å²) in [6.07, 6.45) is 4.91. The first-order valence-electron chi connectivity index (χ1n) is 15.4. The topological polar surface area (TPSA) is 92.5 Å². The summed E-state index contributed by atoms with van der Waals surface area (Å²) < 4.78 is 0. The van der Waals surface area contributed by atoms with Crippen LogP contribution in [0.3, 0.4) is 0 Å². The lowest BCUT2D eigenvalue weighted by Gasteiger charge is -2.45. The van der Waals surface area contributed by atoms with Crippen LogP contribution in [0.1, 0.15) is 98.2 Å². The van der Waals surface area contributed by atoms with Crippen LogP contribution >= 0.6 is 0 Å². The third-order valence-electron chi connectivity index (χ3n) is 10.2. The predicted molar refractivity (Wildman–Crippen MR) is 177 cm³/mol. The number of hydrogen-bond donors (Lipinski definition) is 4. The molecule has 5 unspecified atom stereocenters. The molecular weight excluding hydrogens is 503 g/mol. The molecule has 2 aromatic rings. The Morgan fingerprint density at radius 2 is 1.90 bits per heavy atom. The van der Waals surface area contributed by atoms with E-state index in [1.165, 1.54) is 49.9 Å². The molecule has 5 atom stereocenters. The molecule has 2 aliphatic rings. The monoisotopic (exact) mass is 554 g/mol. The van der Waals surface area contributed by atoms with Gasteiger partial charge in [-0.05, 0) is 102 Å². The van der Waals surface area contributed by atoms with E-state index in [4.69, 9.17) is 11.5 Å². The minimum atomic E-state index is -1.02. The lowest BCUT2D eigenvalue weighted by atomic mass is 9.51. The van der Waals surface area contributed by atoms with Gasteiger partial charge in [0.15, 0.2) is 7.28 Å². The van der Waals surface area contributed by atoms with Crippen LogP contribution in [0.25, 0.3) is 5.57 Å². The number of aliphatic hydroxyl groups is 2. The highest BCUT2D eigenvalue weighted by Gasteiger charge is 2.44. The maximum atomic E-state index is 12.1. The van der Waals surface area contributed by atoms with Crippen LogP contribution in [0.15, 0.2) is 49.6 Å². The maximum absolute atomic E-state index is 12.1. The highest BCUT2D eigenvalue weighted by Crippen LogP contribution is 2.48. The summed E-state index contributed by atoms with van der Waals surface area (Å²) in [5.74, 6) is 0.00354. The molecule has 41 heavy (non-hydrogen) atoms. The molecule has 0 radical (unpaired) electrons. The highest BCUT2D eigenvalue weighted by molar-refractivity contribution is 6.71. The second-order valence-electron chi connectivity index (χ2n) is 13.3. The third kappa shape index (κ3) is 5.55. The van der Waals surface area contributed by atoms with Gasteiger partial charge in [0.05, 0.1) is 11.7 Å². The molecular formula is C36H51BN2O2. The van der Waals surface area contributed by atoms with Crippen LogP contribution in [0, 0.1) is 19.8 Å². The molecule has 0 fully saturated rings. The lowest BCUT2D eigenvalue weighted by molar-refractivity contribution is 0.0464. The Morgan fingerprint density at radius 3 is 2.49 bits per heavy atom. The van der Waals surface area contributed by atoms with Gasteiger partial charge in [0.2, 0.25) is 0 Å². The molecule has 0 bridgehead atoms. The van der Waals surface area contributed by atoms with Crippen molar-refractivity contribution in [2.45, 2.75) is 109 Å². The van der Waals surface area contributed by atoms with Gasteiger partial charge in [-0.25, -0.2) is 0 Å². The van der Waals surface area contributed by atoms with Crippen molar-refractivity contribution >= 4 is 23.8 Å². The number of hydrogen-bond acceptors (Lipinski definition) is 4. The van der Waals surface area contributed by atoms with Gasteiger partial charge in [-0.3, -0.25) is 0 Å². The third-order valence-corrected chi connectivity index (χ3v) is 10.2. The SMILES string of the molecule is C=CC(N)(CC1CC(O)(C(=C)CC)Cc2c(C)c3c(c(C)c21)C(=C)c1c(cccc1CC)B3)CC(N)C(O)C(C)C. The average molecular weight is 555 g/mol. The quantitative estimate of drug-likeness (QED) is 0.221. The van der Waals surface area contributed by atoms with E-state index in [0.717, 1.165) is 24.8 Å². The van der Waals surface area contributed by atoms with E-state index in [1.54, 1.807) is 6.08 Å². The van der Waals surface area contributed by atoms with E-state index in [1.807, 2.05) is 13.8 Å². The summed E-state index contributed by atoms with van der Waals surface area (Å²) >= 11 is 0. The van der Waals surface area contributed by atoms with Crippen molar-refractivity contribution in [1.82, 2.24) is 0 Å². The summed E-state index contributed by atoms with van der Waals surface area (Å²) in [5.41, 5.74) is 25.2. The fraction of sp³-hybridized carbons (Fsp3) is 0.500. The Morgan fingerprint density at radius 1 is 1.22 bits per heavy atom. The van der Waals surface area contributed by atoms with Gasteiger partial charge in [-0.2, -0.15) is 0 Å². The largest absolute Gasteiger partial charge is 0.391 e. The first kappa shape index (κ1) is 31.5. The van der Waals surface area contributed by atoms with Crippen LogP contribution in [0.5, 0.6) is 0 Å². The Balaban J connectivity index is 1.88. The van der Waals surface area contributed by atoms with Crippen LogP contribution in [0.4, 0.5) is 0 Å². The first-order valence-corrected chi connectivity index (χ1v) is 15.4. The zero-order valence-corrected chi connectivity index (χ0v) is 26.2. The molecule has 220 valence electrons. The van der Waals surface area contributed by atoms with Crippen LogP contribution in [-0.4, -0.2) is 40.8 Å². The summed E-state index contributed by atoms with van der Waals surface area (Å²) in [5, 5.41) is 22.8. The van der Waals surface area contributed by atoms with E-state index < -0.39 is 23.3 Å². The van der Waals surface area contributed by atoms with Crippen molar-refractivity contribution in [3.63, 3.8) is 0 Å². The molecule has 0 saturated heterocycles. The number of rotatable bonds is 10. The highest BCUT2D eigenvalue weighted by atomic mass is 16.3. The molecule has 1 heterocycles. The van der Waals surface area contributed by atoms with Gasteiger partial charge in [0.25, 0.3) is 0 Å². The summed E-state index contributed by atoms with van der Waals surface area (Å²) in [4.78, 5) is 0.